The molecule has 19 heavy (non-hydrogen) atoms. The van der Waals surface area contributed by atoms with Gasteiger partial charge in [0, 0.05) is 6.07 Å². The Balaban J connectivity index is 2.84. The van der Waals surface area contributed by atoms with Crippen LogP contribution in [-0.4, -0.2) is 39.5 Å². The Kier molecular flexibility index (Phi) is 4.99. The van der Waals surface area contributed by atoms with Gasteiger partial charge in [0.25, 0.3) is 0 Å². The van der Waals surface area contributed by atoms with Gasteiger partial charge in [0.15, 0.2) is 11.5 Å². The number of carboxylic acids is 1. The smallest absolute Gasteiger partial charge is 0.304 e. The lowest BCUT2D eigenvalue weighted by molar-refractivity contribution is -0.136. The number of benzene rings is 1. The minimum Gasteiger partial charge on any atom is -0.493 e. The second-order valence-corrected chi connectivity index (χ2v) is 5.48. The van der Waals surface area contributed by atoms with Crippen LogP contribution < -0.4 is 14.2 Å². The van der Waals surface area contributed by atoms with Gasteiger partial charge in [-0.1, -0.05) is 0 Å². The van der Waals surface area contributed by atoms with Crippen LogP contribution in [0.5, 0.6) is 11.5 Å². The molecule has 0 fully saturated rings. The molecule has 0 spiro atoms. The number of methoxy groups -OCH3 is 2. The summed E-state index contributed by atoms with van der Waals surface area (Å²) in [5.74, 6) is -0.814. The number of carbonyl (C=O) groups is 1. The monoisotopic (exact) mass is 289 g/mol. The molecule has 0 aliphatic heterocycles. The van der Waals surface area contributed by atoms with Crippen LogP contribution in [0.15, 0.2) is 18.2 Å². The summed E-state index contributed by atoms with van der Waals surface area (Å²) in [5, 5.41) is 8.46. The maximum atomic E-state index is 11.6. The van der Waals surface area contributed by atoms with Crippen molar-refractivity contribution in [2.24, 2.45) is 0 Å². The van der Waals surface area contributed by atoms with E-state index in [0.29, 0.717) is 11.5 Å². The van der Waals surface area contributed by atoms with Crippen molar-refractivity contribution in [1.29, 1.82) is 0 Å². The summed E-state index contributed by atoms with van der Waals surface area (Å²) in [5.41, 5.74) is 0.281. The van der Waals surface area contributed by atoms with Crippen LogP contribution in [0.25, 0.3) is 0 Å². The van der Waals surface area contributed by atoms with Crippen LogP contribution in [-0.2, 0) is 14.8 Å². The largest absolute Gasteiger partial charge is 0.493 e. The fourth-order valence-electron chi connectivity index (χ4n) is 1.35. The van der Waals surface area contributed by atoms with Crippen LogP contribution in [0.2, 0.25) is 0 Å². The predicted octanol–water partition coefficient (Wildman–Crippen LogP) is 0.920. The van der Waals surface area contributed by atoms with Crippen molar-refractivity contribution in [2.45, 2.75) is 6.42 Å². The van der Waals surface area contributed by atoms with E-state index in [-0.39, 0.29) is 5.69 Å². The van der Waals surface area contributed by atoms with Crippen LogP contribution in [0.3, 0.4) is 0 Å². The lowest BCUT2D eigenvalue weighted by Gasteiger charge is -2.11. The molecule has 0 aromatic heterocycles. The molecule has 106 valence electrons. The summed E-state index contributed by atoms with van der Waals surface area (Å²) in [6.45, 7) is 0. The number of carboxylic acid groups (broad SMARTS) is 1. The minimum atomic E-state index is -3.70. The molecular weight excluding hydrogens is 274 g/mol. The van der Waals surface area contributed by atoms with Gasteiger partial charge < -0.3 is 14.6 Å². The Bertz CT molecular complexity index is 554. The first-order valence-electron chi connectivity index (χ1n) is 5.32. The number of sulfonamides is 1. The van der Waals surface area contributed by atoms with Crippen molar-refractivity contribution in [3.63, 3.8) is 0 Å². The van der Waals surface area contributed by atoms with Gasteiger partial charge in [-0.05, 0) is 12.1 Å². The molecule has 0 atom stereocenters. The second-order valence-electron chi connectivity index (χ2n) is 3.63. The molecule has 0 aliphatic carbocycles. The van der Waals surface area contributed by atoms with Crippen molar-refractivity contribution in [1.82, 2.24) is 0 Å². The highest BCUT2D eigenvalue weighted by Crippen LogP contribution is 2.30. The van der Waals surface area contributed by atoms with E-state index >= 15 is 0 Å². The molecule has 0 aliphatic rings. The van der Waals surface area contributed by atoms with E-state index < -0.39 is 28.2 Å². The summed E-state index contributed by atoms with van der Waals surface area (Å²) < 4.78 is 35.6. The average Bonchev–Trinajstić information content (AvgIpc) is 2.36. The third-order valence-electron chi connectivity index (χ3n) is 2.24. The molecule has 0 unspecified atom stereocenters. The highest BCUT2D eigenvalue weighted by atomic mass is 32.2. The van der Waals surface area contributed by atoms with Crippen LogP contribution in [0, 0.1) is 0 Å². The fraction of sp³-hybridized carbons (Fsp3) is 0.364. The maximum Gasteiger partial charge on any atom is 0.304 e. The van der Waals surface area contributed by atoms with Gasteiger partial charge in [0.1, 0.15) is 0 Å². The molecule has 0 heterocycles. The molecule has 8 heteroatoms. The normalized spacial score (nSPS) is 10.8. The predicted molar refractivity (Wildman–Crippen MR) is 69.2 cm³/mol. The molecule has 0 saturated carbocycles. The standard InChI is InChI=1S/C11H15NO6S/c1-17-9-4-3-8(7-10(9)18-2)12-19(15,16)6-5-11(13)14/h3-4,7,12H,5-6H2,1-2H3,(H,13,14). The van der Waals surface area contributed by atoms with Gasteiger partial charge in [-0.3, -0.25) is 9.52 Å². The lowest BCUT2D eigenvalue weighted by Crippen LogP contribution is -2.18. The first-order chi connectivity index (χ1) is 8.88. The first-order valence-corrected chi connectivity index (χ1v) is 6.97. The zero-order valence-corrected chi connectivity index (χ0v) is 11.4. The summed E-state index contributed by atoms with van der Waals surface area (Å²) in [6.07, 6.45) is -0.456. The Morgan fingerprint density at radius 3 is 2.42 bits per heavy atom. The van der Waals surface area contributed by atoms with Gasteiger partial charge >= 0.3 is 5.97 Å². The summed E-state index contributed by atoms with van der Waals surface area (Å²) in [6, 6.07) is 4.50. The van der Waals surface area contributed by atoms with E-state index in [1.807, 2.05) is 0 Å². The Labute approximate surface area is 111 Å². The number of hydrogen-bond acceptors (Lipinski definition) is 5. The zero-order chi connectivity index (χ0) is 14.5. The highest BCUT2D eigenvalue weighted by molar-refractivity contribution is 7.92. The molecule has 0 amide bonds. The molecule has 2 N–H and O–H groups in total. The van der Waals surface area contributed by atoms with Crippen molar-refractivity contribution < 1.29 is 27.8 Å². The SMILES string of the molecule is COc1ccc(NS(=O)(=O)CCC(=O)O)cc1OC. The van der Waals surface area contributed by atoms with Crippen LogP contribution in [0.4, 0.5) is 5.69 Å². The number of ether oxygens (including phenoxy) is 2. The van der Waals surface area contributed by atoms with E-state index in [4.69, 9.17) is 14.6 Å². The van der Waals surface area contributed by atoms with Gasteiger partial charge in [0.05, 0.1) is 32.1 Å². The summed E-state index contributed by atoms with van der Waals surface area (Å²) in [4.78, 5) is 10.4. The van der Waals surface area contributed by atoms with Gasteiger partial charge in [-0.15, -0.1) is 0 Å². The zero-order valence-electron chi connectivity index (χ0n) is 10.5. The number of hydrogen-bond donors (Lipinski definition) is 2. The summed E-state index contributed by atoms with van der Waals surface area (Å²) >= 11 is 0. The third kappa shape index (κ3) is 4.66. The van der Waals surface area contributed by atoms with E-state index in [9.17, 15) is 13.2 Å². The highest BCUT2D eigenvalue weighted by Gasteiger charge is 2.14. The van der Waals surface area contributed by atoms with Gasteiger partial charge in [0.2, 0.25) is 10.0 Å². The Morgan fingerprint density at radius 2 is 1.89 bits per heavy atom. The number of nitrogens with one attached hydrogen (secondary N) is 1. The molecule has 7 nitrogen and oxygen atoms in total. The molecule has 0 saturated heterocycles. The Morgan fingerprint density at radius 1 is 1.26 bits per heavy atom. The number of rotatable bonds is 7. The van der Waals surface area contributed by atoms with Crippen molar-refractivity contribution in [3.8, 4) is 11.5 Å². The van der Waals surface area contributed by atoms with Crippen LogP contribution >= 0.6 is 0 Å². The molecule has 0 bridgehead atoms. The fourth-order valence-corrected chi connectivity index (χ4v) is 2.38. The van der Waals surface area contributed by atoms with Crippen LogP contribution in [0.1, 0.15) is 6.42 Å². The lowest BCUT2D eigenvalue weighted by atomic mass is 10.3. The molecular formula is C11H15NO6S. The van der Waals surface area contributed by atoms with E-state index in [0.717, 1.165) is 0 Å². The van der Waals surface area contributed by atoms with E-state index in [2.05, 4.69) is 4.72 Å². The third-order valence-corrected chi connectivity index (χ3v) is 3.53. The van der Waals surface area contributed by atoms with E-state index in [1.165, 1.54) is 26.4 Å². The van der Waals surface area contributed by atoms with Crippen molar-refractivity contribution >= 4 is 21.7 Å². The van der Waals surface area contributed by atoms with E-state index in [1.54, 1.807) is 6.07 Å². The number of aliphatic carboxylic acids is 1. The first kappa shape index (κ1) is 15.1. The van der Waals surface area contributed by atoms with Gasteiger partial charge in [-0.2, -0.15) is 0 Å². The minimum absolute atomic E-state index is 0.281. The summed E-state index contributed by atoms with van der Waals surface area (Å²) in [7, 11) is -0.804. The number of anilines is 1. The van der Waals surface area contributed by atoms with Crippen molar-refractivity contribution in [3.05, 3.63) is 18.2 Å². The molecule has 1 rings (SSSR count). The molecule has 1 aromatic rings. The Hall–Kier alpha value is -1.96. The second kappa shape index (κ2) is 6.28. The quantitative estimate of drug-likeness (QED) is 0.774. The average molecular weight is 289 g/mol. The molecule has 1 aromatic carbocycles. The molecule has 0 radical (unpaired) electrons. The van der Waals surface area contributed by atoms with Gasteiger partial charge in [-0.25, -0.2) is 8.42 Å². The maximum absolute atomic E-state index is 11.6. The van der Waals surface area contributed by atoms with Crippen molar-refractivity contribution in [2.75, 3.05) is 24.7 Å². The topological polar surface area (TPSA) is 102 Å².